The highest BCUT2D eigenvalue weighted by molar-refractivity contribution is 14.1. The average Bonchev–Trinajstić information content (AvgIpc) is 3.14. The Morgan fingerprint density at radius 1 is 1.19 bits per heavy atom. The number of halogens is 1. The van der Waals surface area contributed by atoms with E-state index in [2.05, 4.69) is 27.9 Å². The van der Waals surface area contributed by atoms with Gasteiger partial charge in [0.15, 0.2) is 0 Å². The number of anilines is 1. The molecule has 0 bridgehead atoms. The fourth-order valence-corrected chi connectivity index (χ4v) is 5.01. The van der Waals surface area contributed by atoms with E-state index in [4.69, 9.17) is 0 Å². The molecule has 0 radical (unpaired) electrons. The van der Waals surface area contributed by atoms with Gasteiger partial charge < -0.3 is 10.4 Å². The molecule has 8 heteroatoms. The van der Waals surface area contributed by atoms with Crippen LogP contribution in [0.1, 0.15) is 28.8 Å². The number of aromatic hydroxyl groups is 1. The smallest absolute Gasteiger partial charge is 0.256 e. The minimum absolute atomic E-state index is 0.0615. The molecular formula is C18H19IN2O4S. The van der Waals surface area contributed by atoms with Gasteiger partial charge in [-0.1, -0.05) is 12.1 Å². The second-order valence-electron chi connectivity index (χ2n) is 6.18. The number of carbonyl (C=O) groups is 1. The first-order chi connectivity index (χ1) is 12.3. The van der Waals surface area contributed by atoms with E-state index in [1.807, 2.05) is 13.0 Å². The highest BCUT2D eigenvalue weighted by atomic mass is 127. The van der Waals surface area contributed by atoms with E-state index >= 15 is 0 Å². The van der Waals surface area contributed by atoms with Gasteiger partial charge in [0.25, 0.3) is 5.91 Å². The number of sulfonamides is 1. The van der Waals surface area contributed by atoms with Gasteiger partial charge in [-0.05, 0) is 72.2 Å². The lowest BCUT2D eigenvalue weighted by molar-refractivity contribution is 0.102. The maximum atomic E-state index is 12.7. The predicted molar refractivity (Wildman–Crippen MR) is 108 cm³/mol. The van der Waals surface area contributed by atoms with Gasteiger partial charge in [0.05, 0.1) is 16.1 Å². The largest absolute Gasteiger partial charge is 0.506 e. The molecule has 1 fully saturated rings. The molecule has 0 spiro atoms. The van der Waals surface area contributed by atoms with E-state index in [0.717, 1.165) is 22.0 Å². The lowest BCUT2D eigenvalue weighted by Crippen LogP contribution is -2.28. The topological polar surface area (TPSA) is 86.7 Å². The van der Waals surface area contributed by atoms with E-state index in [9.17, 15) is 18.3 Å². The van der Waals surface area contributed by atoms with Gasteiger partial charge in [-0.2, -0.15) is 4.31 Å². The van der Waals surface area contributed by atoms with Crippen LogP contribution in [0.25, 0.3) is 0 Å². The summed E-state index contributed by atoms with van der Waals surface area (Å²) in [6.45, 7) is 2.89. The van der Waals surface area contributed by atoms with Crippen LogP contribution >= 0.6 is 22.6 Å². The molecule has 0 aromatic heterocycles. The second kappa shape index (κ2) is 7.53. The zero-order valence-electron chi connectivity index (χ0n) is 14.2. The lowest BCUT2D eigenvalue weighted by atomic mass is 10.1. The van der Waals surface area contributed by atoms with Crippen molar-refractivity contribution in [2.24, 2.45) is 0 Å². The van der Waals surface area contributed by atoms with Gasteiger partial charge in [0, 0.05) is 16.7 Å². The number of phenols is 1. The molecule has 3 rings (SSSR count). The number of aryl methyl sites for hydroxylation is 1. The summed E-state index contributed by atoms with van der Waals surface area (Å²) in [5.41, 5.74) is 1.51. The monoisotopic (exact) mass is 486 g/mol. The normalized spacial score (nSPS) is 15.2. The van der Waals surface area contributed by atoms with Crippen LogP contribution in [-0.4, -0.2) is 36.8 Å². The van der Waals surface area contributed by atoms with Crippen LogP contribution in [0.5, 0.6) is 5.75 Å². The van der Waals surface area contributed by atoms with Crippen molar-refractivity contribution < 1.29 is 18.3 Å². The SMILES string of the molecule is Cc1cccc(C(=O)Nc2cc(S(=O)(=O)N3CCCC3)ccc2O)c1I. The molecule has 0 atom stereocenters. The molecule has 1 heterocycles. The molecule has 1 saturated heterocycles. The first-order valence-electron chi connectivity index (χ1n) is 8.20. The molecule has 0 aliphatic carbocycles. The van der Waals surface area contributed by atoms with E-state index in [1.54, 1.807) is 12.1 Å². The summed E-state index contributed by atoms with van der Waals surface area (Å²) in [5.74, 6) is -0.578. The molecule has 1 amide bonds. The van der Waals surface area contributed by atoms with Gasteiger partial charge in [-0.3, -0.25) is 4.79 Å². The summed E-state index contributed by atoms with van der Waals surface area (Å²) in [4.78, 5) is 12.6. The van der Waals surface area contributed by atoms with Crippen molar-refractivity contribution in [1.29, 1.82) is 0 Å². The van der Waals surface area contributed by atoms with E-state index < -0.39 is 15.9 Å². The number of nitrogens with one attached hydrogen (secondary N) is 1. The molecule has 1 aliphatic heterocycles. The first kappa shape index (κ1) is 19.1. The van der Waals surface area contributed by atoms with E-state index in [1.165, 1.54) is 22.5 Å². The minimum Gasteiger partial charge on any atom is -0.506 e. The van der Waals surface area contributed by atoms with Crippen LogP contribution in [0, 0.1) is 10.5 Å². The van der Waals surface area contributed by atoms with Crippen molar-refractivity contribution in [2.75, 3.05) is 18.4 Å². The Balaban J connectivity index is 1.91. The maximum absolute atomic E-state index is 12.7. The van der Waals surface area contributed by atoms with Crippen LogP contribution in [0.2, 0.25) is 0 Å². The fraction of sp³-hybridized carbons (Fsp3) is 0.278. The van der Waals surface area contributed by atoms with Crippen LogP contribution in [0.3, 0.4) is 0 Å². The lowest BCUT2D eigenvalue weighted by Gasteiger charge is -2.17. The van der Waals surface area contributed by atoms with Crippen LogP contribution in [0.15, 0.2) is 41.3 Å². The number of hydrogen-bond donors (Lipinski definition) is 2. The third kappa shape index (κ3) is 3.72. The van der Waals surface area contributed by atoms with Gasteiger partial charge in [0.1, 0.15) is 5.75 Å². The zero-order chi connectivity index (χ0) is 18.9. The van der Waals surface area contributed by atoms with Crippen molar-refractivity contribution >= 4 is 44.2 Å². The molecule has 2 N–H and O–H groups in total. The summed E-state index contributed by atoms with van der Waals surface area (Å²) in [7, 11) is -3.62. The number of phenolic OH excluding ortho intramolecular Hbond substituents is 1. The highest BCUT2D eigenvalue weighted by Gasteiger charge is 2.28. The van der Waals surface area contributed by atoms with Gasteiger partial charge >= 0.3 is 0 Å². The number of nitrogens with zero attached hydrogens (tertiary/aromatic N) is 1. The summed E-state index contributed by atoms with van der Waals surface area (Å²) in [5, 5.41) is 12.7. The zero-order valence-corrected chi connectivity index (χ0v) is 17.2. The Labute approximate surface area is 166 Å². The minimum atomic E-state index is -3.62. The second-order valence-corrected chi connectivity index (χ2v) is 9.20. The molecule has 0 saturated carbocycles. The summed E-state index contributed by atoms with van der Waals surface area (Å²) < 4.78 is 27.6. The van der Waals surface area contributed by atoms with Crippen LogP contribution in [-0.2, 0) is 10.0 Å². The average molecular weight is 486 g/mol. The Morgan fingerprint density at radius 3 is 2.58 bits per heavy atom. The molecule has 2 aromatic rings. The van der Waals surface area contributed by atoms with Gasteiger partial charge in [0.2, 0.25) is 10.0 Å². The standard InChI is InChI=1S/C18H19IN2O4S/c1-12-5-4-6-14(17(12)19)18(23)20-15-11-13(7-8-16(15)22)26(24,25)21-9-2-3-10-21/h4-8,11,22H,2-3,9-10H2,1H3,(H,20,23). The number of rotatable bonds is 4. The number of carbonyl (C=O) groups excluding carboxylic acids is 1. The Hall–Kier alpha value is -1.65. The van der Waals surface area contributed by atoms with E-state index in [-0.39, 0.29) is 16.3 Å². The van der Waals surface area contributed by atoms with E-state index in [0.29, 0.717) is 18.7 Å². The van der Waals surface area contributed by atoms with Crippen molar-refractivity contribution in [1.82, 2.24) is 4.31 Å². The van der Waals surface area contributed by atoms with Crippen molar-refractivity contribution in [3.63, 3.8) is 0 Å². The molecule has 0 unspecified atom stereocenters. The number of amides is 1. The Morgan fingerprint density at radius 2 is 1.88 bits per heavy atom. The molecule has 1 aliphatic rings. The third-order valence-corrected chi connectivity index (χ3v) is 7.68. The maximum Gasteiger partial charge on any atom is 0.256 e. The van der Waals surface area contributed by atoms with Crippen LogP contribution in [0.4, 0.5) is 5.69 Å². The van der Waals surface area contributed by atoms with Crippen molar-refractivity contribution in [2.45, 2.75) is 24.7 Å². The fourth-order valence-electron chi connectivity index (χ4n) is 2.87. The van der Waals surface area contributed by atoms with Crippen LogP contribution < -0.4 is 5.32 Å². The molecule has 138 valence electrons. The molecule has 26 heavy (non-hydrogen) atoms. The summed E-state index contributed by atoms with van der Waals surface area (Å²) in [6, 6.07) is 9.32. The van der Waals surface area contributed by atoms with Crippen molar-refractivity contribution in [3.8, 4) is 5.75 Å². The van der Waals surface area contributed by atoms with Gasteiger partial charge in [-0.25, -0.2) is 8.42 Å². The Kier molecular flexibility index (Phi) is 5.54. The Bertz CT molecular complexity index is 954. The molecular weight excluding hydrogens is 467 g/mol. The van der Waals surface area contributed by atoms with Crippen molar-refractivity contribution in [3.05, 3.63) is 51.1 Å². The summed E-state index contributed by atoms with van der Waals surface area (Å²) in [6.07, 6.45) is 1.68. The number of benzene rings is 2. The van der Waals surface area contributed by atoms with Gasteiger partial charge in [-0.15, -0.1) is 0 Å². The summed E-state index contributed by atoms with van der Waals surface area (Å²) >= 11 is 2.09. The quantitative estimate of drug-likeness (QED) is 0.513. The first-order valence-corrected chi connectivity index (χ1v) is 10.7. The molecule has 6 nitrogen and oxygen atoms in total. The predicted octanol–water partition coefficient (Wildman–Crippen LogP) is 3.34. The molecule has 2 aromatic carbocycles. The number of hydrogen-bond acceptors (Lipinski definition) is 4. The third-order valence-electron chi connectivity index (χ3n) is 4.36. The highest BCUT2D eigenvalue weighted by Crippen LogP contribution is 2.30.